The number of aromatic amines is 2. The Bertz CT molecular complexity index is 1220. The van der Waals surface area contributed by atoms with Crippen molar-refractivity contribution in [2.45, 2.75) is 0 Å². The first-order valence-electron chi connectivity index (χ1n) is 8.45. The summed E-state index contributed by atoms with van der Waals surface area (Å²) in [4.78, 5) is 27.4. The maximum Gasteiger partial charge on any atom is 0.340 e. The molecule has 0 unspecified atom stereocenters. The number of H-pyrrole nitrogens is 2. The third-order valence-electron chi connectivity index (χ3n) is 4.43. The highest BCUT2D eigenvalue weighted by Crippen LogP contribution is 2.22. The van der Waals surface area contributed by atoms with Gasteiger partial charge in [0.1, 0.15) is 5.56 Å². The van der Waals surface area contributed by atoms with Crippen LogP contribution in [0.2, 0.25) is 0 Å². The molecule has 0 saturated heterocycles. The van der Waals surface area contributed by atoms with Crippen molar-refractivity contribution in [2.24, 2.45) is 0 Å². The van der Waals surface area contributed by atoms with Crippen LogP contribution < -0.4 is 0 Å². The van der Waals surface area contributed by atoms with E-state index in [2.05, 4.69) is 19.9 Å². The summed E-state index contributed by atoms with van der Waals surface area (Å²) < 4.78 is 0. The van der Waals surface area contributed by atoms with E-state index in [1.807, 2.05) is 42.5 Å². The number of carboxylic acids is 1. The number of aromatic carboxylic acids is 1. The first-order chi connectivity index (χ1) is 13.1. The van der Waals surface area contributed by atoms with Crippen LogP contribution in [-0.2, 0) is 0 Å². The highest BCUT2D eigenvalue weighted by molar-refractivity contribution is 5.98. The molecule has 0 saturated carbocycles. The number of hydrogen-bond acceptors (Lipinski definition) is 3. The van der Waals surface area contributed by atoms with E-state index in [-0.39, 0.29) is 5.56 Å². The molecule has 0 amide bonds. The number of carboxylic acid groups (broad SMARTS) is 1. The van der Waals surface area contributed by atoms with Gasteiger partial charge in [0, 0.05) is 22.1 Å². The van der Waals surface area contributed by atoms with E-state index in [9.17, 15) is 9.90 Å². The Hall–Kier alpha value is -3.93. The molecule has 0 aromatic carbocycles. The van der Waals surface area contributed by atoms with Gasteiger partial charge in [-0.25, -0.2) is 14.8 Å². The predicted octanol–water partition coefficient (Wildman–Crippen LogP) is 4.35. The Morgan fingerprint density at radius 2 is 1.15 bits per heavy atom. The van der Waals surface area contributed by atoms with Gasteiger partial charge in [-0.2, -0.15) is 0 Å². The molecule has 0 atom stereocenters. The Balaban J connectivity index is 1.90. The van der Waals surface area contributed by atoms with E-state index < -0.39 is 5.97 Å². The van der Waals surface area contributed by atoms with Crippen LogP contribution in [0.15, 0.2) is 42.5 Å². The molecule has 5 rings (SSSR count). The van der Waals surface area contributed by atoms with E-state index >= 15 is 0 Å². The maximum atomic E-state index is 11.9. The van der Waals surface area contributed by atoms with Gasteiger partial charge in [-0.05, 0) is 66.8 Å². The molecule has 3 N–H and O–H groups in total. The molecule has 0 radical (unpaired) electrons. The van der Waals surface area contributed by atoms with Crippen molar-refractivity contribution in [2.75, 3.05) is 0 Å². The minimum Gasteiger partial charge on any atom is -0.478 e. The fraction of sp³-hybridized carbons (Fsp3) is 0. The molecular weight excluding hydrogens is 340 g/mol. The van der Waals surface area contributed by atoms with Gasteiger partial charge in [-0.1, -0.05) is 0 Å². The van der Waals surface area contributed by atoms with Crippen LogP contribution in [0.4, 0.5) is 0 Å². The fourth-order valence-corrected chi connectivity index (χ4v) is 3.23. The van der Waals surface area contributed by atoms with Crippen LogP contribution in [0.1, 0.15) is 33.1 Å². The second kappa shape index (κ2) is 5.81. The number of hydrogen-bond donors (Lipinski definition) is 3. The van der Waals surface area contributed by atoms with Crippen molar-refractivity contribution in [1.82, 2.24) is 19.9 Å². The standard InChI is InChI=1S/C21H14N4O2/c26-21(27)20-18-7-5-16(24-18)10-14-3-1-12(22-14)9-13-2-4-15(23-13)11-17-6-8-19(20)25-17/h1-11,22-23H,(H,26,27). The van der Waals surface area contributed by atoms with Crippen molar-refractivity contribution < 1.29 is 9.90 Å². The average molecular weight is 354 g/mol. The monoisotopic (exact) mass is 354 g/mol. The molecule has 6 heteroatoms. The SMILES string of the molecule is O=C(O)c1c2nc(cc3ccc(cc4ccc(cc5nc1C=C5)[nH]4)[nH]3)C=C2. The molecule has 3 aromatic heterocycles. The van der Waals surface area contributed by atoms with Gasteiger partial charge in [0.2, 0.25) is 0 Å². The summed E-state index contributed by atoms with van der Waals surface area (Å²) in [5.74, 6) is -1.05. The molecule has 5 heterocycles. The summed E-state index contributed by atoms with van der Waals surface area (Å²) in [5.41, 5.74) is 5.95. The molecule has 130 valence electrons. The number of aromatic nitrogens is 4. The summed E-state index contributed by atoms with van der Waals surface area (Å²) in [6.07, 6.45) is 7.01. The topological polar surface area (TPSA) is 94.7 Å². The number of carbonyl (C=O) groups is 1. The summed E-state index contributed by atoms with van der Waals surface area (Å²) in [6.45, 7) is 0. The van der Waals surface area contributed by atoms with Gasteiger partial charge in [-0.3, -0.25) is 0 Å². The van der Waals surface area contributed by atoms with Gasteiger partial charge in [-0.15, -0.1) is 0 Å². The lowest BCUT2D eigenvalue weighted by Gasteiger charge is -1.96. The number of nitrogens with zero attached hydrogens (tertiary/aromatic N) is 2. The van der Waals surface area contributed by atoms with Crippen molar-refractivity contribution >= 4 is 52.3 Å². The number of rotatable bonds is 1. The average Bonchev–Trinajstić information content (AvgIpc) is 3.39. The predicted molar refractivity (Wildman–Crippen MR) is 106 cm³/mol. The van der Waals surface area contributed by atoms with Crippen molar-refractivity contribution in [3.8, 4) is 0 Å². The van der Waals surface area contributed by atoms with Crippen LogP contribution in [0.5, 0.6) is 0 Å². The minimum absolute atomic E-state index is 0.0917. The number of nitrogens with one attached hydrogen (secondary N) is 2. The van der Waals surface area contributed by atoms with Crippen LogP contribution in [0, 0.1) is 0 Å². The van der Waals surface area contributed by atoms with E-state index in [1.54, 1.807) is 24.3 Å². The van der Waals surface area contributed by atoms with Crippen molar-refractivity contribution in [1.29, 1.82) is 0 Å². The fourth-order valence-electron chi connectivity index (χ4n) is 3.23. The van der Waals surface area contributed by atoms with Gasteiger partial charge >= 0.3 is 5.97 Å². The lowest BCUT2D eigenvalue weighted by molar-refractivity contribution is 0.0696. The van der Waals surface area contributed by atoms with Crippen molar-refractivity contribution in [3.63, 3.8) is 0 Å². The quantitative estimate of drug-likeness (QED) is 0.417. The highest BCUT2D eigenvalue weighted by Gasteiger charge is 2.17. The molecule has 3 aromatic rings. The Morgan fingerprint density at radius 1 is 0.704 bits per heavy atom. The zero-order valence-electron chi connectivity index (χ0n) is 14.1. The van der Waals surface area contributed by atoms with E-state index in [0.717, 1.165) is 22.1 Å². The Kier molecular flexibility index (Phi) is 3.30. The number of fused-ring (bicyclic) bond motifs is 8. The third-order valence-corrected chi connectivity index (χ3v) is 4.43. The van der Waals surface area contributed by atoms with Crippen LogP contribution in [-0.4, -0.2) is 31.0 Å². The van der Waals surface area contributed by atoms with Gasteiger partial charge in [0.05, 0.1) is 22.8 Å². The van der Waals surface area contributed by atoms with Crippen LogP contribution in [0.3, 0.4) is 0 Å². The smallest absolute Gasteiger partial charge is 0.340 e. The molecule has 6 nitrogen and oxygen atoms in total. The van der Waals surface area contributed by atoms with Crippen LogP contribution in [0.25, 0.3) is 46.4 Å². The zero-order chi connectivity index (χ0) is 18.4. The van der Waals surface area contributed by atoms with Crippen molar-refractivity contribution in [3.05, 3.63) is 70.8 Å². The van der Waals surface area contributed by atoms with Gasteiger partial charge in [0.25, 0.3) is 0 Å². The summed E-state index contributed by atoms with van der Waals surface area (Å²) in [5, 5.41) is 9.70. The summed E-state index contributed by atoms with van der Waals surface area (Å²) >= 11 is 0. The second-order valence-electron chi connectivity index (χ2n) is 6.36. The Labute approximate surface area is 153 Å². The van der Waals surface area contributed by atoms with E-state index in [1.165, 1.54) is 0 Å². The highest BCUT2D eigenvalue weighted by atomic mass is 16.4. The van der Waals surface area contributed by atoms with E-state index in [4.69, 9.17) is 0 Å². The minimum atomic E-state index is -1.05. The lowest BCUT2D eigenvalue weighted by atomic mass is 10.1. The van der Waals surface area contributed by atoms with E-state index in [0.29, 0.717) is 22.8 Å². The summed E-state index contributed by atoms with van der Waals surface area (Å²) in [7, 11) is 0. The normalized spacial score (nSPS) is 12.4. The molecule has 0 fully saturated rings. The lowest BCUT2D eigenvalue weighted by Crippen LogP contribution is -2.02. The molecule has 0 aliphatic carbocycles. The molecule has 8 bridgehead atoms. The van der Waals surface area contributed by atoms with Crippen LogP contribution >= 0.6 is 0 Å². The molecule has 2 aliphatic rings. The second-order valence-corrected chi connectivity index (χ2v) is 6.36. The molecule has 0 spiro atoms. The van der Waals surface area contributed by atoms with Gasteiger partial charge < -0.3 is 15.1 Å². The maximum absolute atomic E-state index is 11.9. The molecular formula is C21H14N4O2. The Morgan fingerprint density at radius 3 is 1.59 bits per heavy atom. The van der Waals surface area contributed by atoms with Gasteiger partial charge in [0.15, 0.2) is 0 Å². The first-order valence-corrected chi connectivity index (χ1v) is 8.45. The third kappa shape index (κ3) is 2.83. The molecule has 27 heavy (non-hydrogen) atoms. The summed E-state index contributed by atoms with van der Waals surface area (Å²) in [6, 6.07) is 13.7. The zero-order valence-corrected chi connectivity index (χ0v) is 14.1. The largest absolute Gasteiger partial charge is 0.478 e. The molecule has 2 aliphatic heterocycles. The first kappa shape index (κ1) is 15.3.